The fourth-order valence-electron chi connectivity index (χ4n) is 4.52. The van der Waals surface area contributed by atoms with E-state index in [4.69, 9.17) is 0 Å². The molecule has 2 amide bonds. The second-order valence-corrected chi connectivity index (χ2v) is 7.87. The van der Waals surface area contributed by atoms with E-state index in [-0.39, 0.29) is 23.8 Å². The Morgan fingerprint density at radius 1 is 1.32 bits per heavy atom. The number of aliphatic hydroxyl groups is 1. The van der Waals surface area contributed by atoms with Crippen LogP contribution in [-0.4, -0.2) is 63.5 Å². The van der Waals surface area contributed by atoms with E-state index in [1.54, 1.807) is 19.2 Å². The fraction of sp³-hybridized carbons (Fsp3) is 0.632. The van der Waals surface area contributed by atoms with E-state index in [2.05, 4.69) is 4.98 Å². The SMILES string of the molecule is CC(=O)N1CC2(CCN(C(=O)c3cccnc3C)CC2)CC1(C)CO. The van der Waals surface area contributed by atoms with Crippen LogP contribution in [0.1, 0.15) is 49.2 Å². The predicted octanol–water partition coefficient (Wildman–Crippen LogP) is 1.62. The topological polar surface area (TPSA) is 73.7 Å². The third-order valence-corrected chi connectivity index (χ3v) is 5.97. The van der Waals surface area contributed by atoms with Gasteiger partial charge in [0.1, 0.15) is 0 Å². The first kappa shape index (κ1) is 17.9. The maximum Gasteiger partial charge on any atom is 0.255 e. The molecule has 136 valence electrons. The summed E-state index contributed by atoms with van der Waals surface area (Å²) < 4.78 is 0. The fourth-order valence-corrected chi connectivity index (χ4v) is 4.52. The molecule has 1 N–H and O–H groups in total. The zero-order chi connectivity index (χ0) is 18.2. The summed E-state index contributed by atoms with van der Waals surface area (Å²) in [4.78, 5) is 32.7. The molecule has 1 spiro atoms. The maximum absolute atomic E-state index is 12.8. The number of carbonyl (C=O) groups is 2. The van der Waals surface area contributed by atoms with Crippen molar-refractivity contribution >= 4 is 11.8 Å². The molecule has 0 aliphatic carbocycles. The van der Waals surface area contributed by atoms with Crippen molar-refractivity contribution in [1.82, 2.24) is 14.8 Å². The lowest BCUT2D eigenvalue weighted by Gasteiger charge is -2.39. The van der Waals surface area contributed by atoms with Gasteiger partial charge in [0.05, 0.1) is 17.7 Å². The number of aromatic nitrogens is 1. The average Bonchev–Trinajstić information content (AvgIpc) is 2.89. The van der Waals surface area contributed by atoms with Crippen LogP contribution in [0.4, 0.5) is 0 Å². The van der Waals surface area contributed by atoms with Crippen LogP contribution < -0.4 is 0 Å². The molecule has 1 atom stereocenters. The Balaban J connectivity index is 1.71. The Hall–Kier alpha value is -1.95. The second-order valence-electron chi connectivity index (χ2n) is 7.87. The van der Waals surface area contributed by atoms with Gasteiger partial charge in [0.15, 0.2) is 0 Å². The lowest BCUT2D eigenvalue weighted by Crippen LogP contribution is -2.46. The van der Waals surface area contributed by atoms with Crippen molar-refractivity contribution in [2.24, 2.45) is 5.41 Å². The van der Waals surface area contributed by atoms with E-state index in [1.165, 1.54) is 0 Å². The van der Waals surface area contributed by atoms with Crippen molar-refractivity contribution in [2.75, 3.05) is 26.2 Å². The van der Waals surface area contributed by atoms with Crippen LogP contribution >= 0.6 is 0 Å². The quantitative estimate of drug-likeness (QED) is 0.884. The van der Waals surface area contributed by atoms with Gasteiger partial charge in [-0.3, -0.25) is 14.6 Å². The molecule has 1 aromatic rings. The summed E-state index contributed by atoms with van der Waals surface area (Å²) in [7, 11) is 0. The van der Waals surface area contributed by atoms with Gasteiger partial charge in [-0.25, -0.2) is 0 Å². The zero-order valence-corrected chi connectivity index (χ0v) is 15.3. The molecule has 6 nitrogen and oxygen atoms in total. The van der Waals surface area contributed by atoms with Gasteiger partial charge in [0, 0.05) is 38.4 Å². The van der Waals surface area contributed by atoms with Crippen molar-refractivity contribution in [3.63, 3.8) is 0 Å². The Bertz CT molecular complexity index is 682. The van der Waals surface area contributed by atoms with Crippen molar-refractivity contribution in [2.45, 2.75) is 45.6 Å². The third kappa shape index (κ3) is 3.15. The lowest BCUT2D eigenvalue weighted by atomic mass is 9.74. The molecule has 0 bridgehead atoms. The minimum atomic E-state index is -0.488. The number of amides is 2. The number of hydrogen-bond acceptors (Lipinski definition) is 4. The van der Waals surface area contributed by atoms with Gasteiger partial charge in [-0.2, -0.15) is 0 Å². The number of pyridine rings is 1. The molecule has 2 aliphatic heterocycles. The number of piperidine rings is 1. The van der Waals surface area contributed by atoms with Crippen LogP contribution in [0.15, 0.2) is 18.3 Å². The monoisotopic (exact) mass is 345 g/mol. The van der Waals surface area contributed by atoms with E-state index >= 15 is 0 Å². The Kier molecular flexibility index (Phi) is 4.58. The minimum absolute atomic E-state index is 0.00388. The summed E-state index contributed by atoms with van der Waals surface area (Å²) in [5, 5.41) is 9.81. The highest BCUT2D eigenvalue weighted by Crippen LogP contribution is 2.48. The molecule has 25 heavy (non-hydrogen) atoms. The Labute approximate surface area is 148 Å². The number of carbonyl (C=O) groups excluding carboxylic acids is 2. The first-order chi connectivity index (χ1) is 11.8. The normalized spacial score (nSPS) is 25.4. The summed E-state index contributed by atoms with van der Waals surface area (Å²) in [5.41, 5.74) is 0.932. The van der Waals surface area contributed by atoms with Gasteiger partial charge < -0.3 is 14.9 Å². The molecular weight excluding hydrogens is 318 g/mol. The highest BCUT2D eigenvalue weighted by atomic mass is 16.3. The average molecular weight is 345 g/mol. The largest absolute Gasteiger partial charge is 0.394 e. The first-order valence-electron chi connectivity index (χ1n) is 8.90. The summed E-state index contributed by atoms with van der Waals surface area (Å²) in [5.74, 6) is 0.0460. The molecular formula is C19H27N3O3. The summed E-state index contributed by atoms with van der Waals surface area (Å²) in [6, 6.07) is 3.62. The Morgan fingerprint density at radius 2 is 2.00 bits per heavy atom. The number of hydrogen-bond donors (Lipinski definition) is 1. The number of nitrogens with zero attached hydrogens (tertiary/aromatic N) is 3. The maximum atomic E-state index is 12.8. The standard InChI is InChI=1S/C19H27N3O3/c1-14-16(5-4-8-20-14)17(25)21-9-6-19(7-10-21)11-18(3,13-23)22(12-19)15(2)24/h4-5,8,23H,6-7,9-13H2,1-3H3. The zero-order valence-electron chi connectivity index (χ0n) is 15.3. The molecule has 2 saturated heterocycles. The highest BCUT2D eigenvalue weighted by molar-refractivity contribution is 5.95. The van der Waals surface area contributed by atoms with E-state index in [0.717, 1.165) is 25.0 Å². The van der Waals surface area contributed by atoms with Crippen LogP contribution in [0, 0.1) is 12.3 Å². The third-order valence-electron chi connectivity index (χ3n) is 5.97. The van der Waals surface area contributed by atoms with Crippen LogP contribution in [0.2, 0.25) is 0 Å². The van der Waals surface area contributed by atoms with E-state index < -0.39 is 5.54 Å². The second kappa shape index (κ2) is 6.41. The van der Waals surface area contributed by atoms with Crippen molar-refractivity contribution < 1.29 is 14.7 Å². The van der Waals surface area contributed by atoms with Gasteiger partial charge in [0.2, 0.25) is 5.91 Å². The van der Waals surface area contributed by atoms with Gasteiger partial charge in [-0.1, -0.05) is 0 Å². The van der Waals surface area contributed by atoms with Crippen molar-refractivity contribution in [3.05, 3.63) is 29.6 Å². The molecule has 2 aliphatic rings. The number of likely N-dealkylation sites (tertiary alicyclic amines) is 2. The minimum Gasteiger partial charge on any atom is -0.394 e. The molecule has 0 aromatic carbocycles. The van der Waals surface area contributed by atoms with Crippen LogP contribution in [0.5, 0.6) is 0 Å². The van der Waals surface area contributed by atoms with Crippen molar-refractivity contribution in [3.8, 4) is 0 Å². The summed E-state index contributed by atoms with van der Waals surface area (Å²) in [6.07, 6.45) is 4.21. The van der Waals surface area contributed by atoms with E-state index in [9.17, 15) is 14.7 Å². The van der Waals surface area contributed by atoms with Gasteiger partial charge in [0.25, 0.3) is 5.91 Å². The molecule has 1 aromatic heterocycles. The van der Waals surface area contributed by atoms with Gasteiger partial charge in [-0.05, 0) is 50.7 Å². The molecule has 3 rings (SSSR count). The molecule has 1 unspecified atom stereocenters. The molecule has 0 saturated carbocycles. The summed E-state index contributed by atoms with van der Waals surface area (Å²) in [6.45, 7) is 7.39. The number of rotatable bonds is 2. The number of aryl methyl sites for hydroxylation is 1. The van der Waals surface area contributed by atoms with E-state index in [1.807, 2.05) is 29.7 Å². The van der Waals surface area contributed by atoms with E-state index in [0.29, 0.717) is 25.2 Å². The lowest BCUT2D eigenvalue weighted by molar-refractivity contribution is -0.134. The highest BCUT2D eigenvalue weighted by Gasteiger charge is 2.52. The predicted molar refractivity (Wildman–Crippen MR) is 94.0 cm³/mol. The molecule has 3 heterocycles. The summed E-state index contributed by atoms with van der Waals surface area (Å²) >= 11 is 0. The Morgan fingerprint density at radius 3 is 2.52 bits per heavy atom. The van der Waals surface area contributed by atoms with Gasteiger partial charge >= 0.3 is 0 Å². The van der Waals surface area contributed by atoms with Gasteiger partial charge in [-0.15, -0.1) is 0 Å². The van der Waals surface area contributed by atoms with Crippen LogP contribution in [0.3, 0.4) is 0 Å². The number of aliphatic hydroxyl groups excluding tert-OH is 1. The smallest absolute Gasteiger partial charge is 0.255 e. The van der Waals surface area contributed by atoms with Crippen LogP contribution in [-0.2, 0) is 4.79 Å². The van der Waals surface area contributed by atoms with Crippen molar-refractivity contribution in [1.29, 1.82) is 0 Å². The van der Waals surface area contributed by atoms with Crippen LogP contribution in [0.25, 0.3) is 0 Å². The first-order valence-corrected chi connectivity index (χ1v) is 8.90. The molecule has 0 radical (unpaired) electrons. The molecule has 2 fully saturated rings. The molecule has 6 heteroatoms.